The first-order chi connectivity index (χ1) is 11.3. The third-order valence-electron chi connectivity index (χ3n) is 3.82. The Morgan fingerprint density at radius 2 is 2.09 bits per heavy atom. The number of rotatable bonds is 5. The van der Waals surface area contributed by atoms with E-state index in [4.69, 9.17) is 4.74 Å². The second-order valence-corrected chi connectivity index (χ2v) is 5.66. The van der Waals surface area contributed by atoms with Crippen LogP contribution in [0.4, 0.5) is 5.69 Å². The minimum atomic E-state index is -0.174. The first kappa shape index (κ1) is 15.3. The summed E-state index contributed by atoms with van der Waals surface area (Å²) in [5.41, 5.74) is 1.63. The third kappa shape index (κ3) is 4.68. The Hall–Kier alpha value is -2.62. The van der Waals surface area contributed by atoms with Crippen LogP contribution in [0.2, 0.25) is 0 Å². The van der Waals surface area contributed by atoms with Gasteiger partial charge < -0.3 is 10.1 Å². The summed E-state index contributed by atoms with van der Waals surface area (Å²) in [5, 5.41) is 2.85. The fourth-order valence-electron chi connectivity index (χ4n) is 2.68. The largest absolute Gasteiger partial charge is 0.490 e. The Balaban J connectivity index is 1.58. The Morgan fingerprint density at radius 3 is 2.87 bits per heavy atom. The molecule has 3 rings (SSSR count). The molecule has 0 unspecified atom stereocenters. The Kier molecular flexibility index (Phi) is 5.04. The van der Waals surface area contributed by atoms with Crippen molar-refractivity contribution in [3.63, 3.8) is 0 Å². The molecule has 1 aromatic carbocycles. The zero-order valence-electron chi connectivity index (χ0n) is 12.9. The normalized spacial score (nSPS) is 15.0. The maximum Gasteiger partial charge on any atom is 0.248 e. The summed E-state index contributed by atoms with van der Waals surface area (Å²) in [6.45, 7) is 0. The minimum absolute atomic E-state index is 0.174. The number of aromatic nitrogens is 1. The molecule has 23 heavy (non-hydrogen) atoms. The quantitative estimate of drug-likeness (QED) is 0.848. The lowest BCUT2D eigenvalue weighted by Gasteiger charge is -2.13. The molecule has 118 valence electrons. The lowest BCUT2D eigenvalue weighted by Crippen LogP contribution is -2.11. The summed E-state index contributed by atoms with van der Waals surface area (Å²) in [5.74, 6) is 0.637. The fourth-order valence-corrected chi connectivity index (χ4v) is 2.68. The van der Waals surface area contributed by atoms with Gasteiger partial charge in [0.25, 0.3) is 0 Å². The summed E-state index contributed by atoms with van der Waals surface area (Å²) in [4.78, 5) is 16.0. The van der Waals surface area contributed by atoms with Gasteiger partial charge in [-0.2, -0.15) is 0 Å². The lowest BCUT2D eigenvalue weighted by molar-refractivity contribution is -0.111. The van der Waals surface area contributed by atoms with E-state index in [-0.39, 0.29) is 5.91 Å². The number of pyridine rings is 1. The monoisotopic (exact) mass is 308 g/mol. The topological polar surface area (TPSA) is 51.2 Å². The molecule has 1 N–H and O–H groups in total. The molecule has 1 aliphatic rings. The van der Waals surface area contributed by atoms with Gasteiger partial charge in [-0.3, -0.25) is 9.78 Å². The van der Waals surface area contributed by atoms with Crippen molar-refractivity contribution in [1.29, 1.82) is 0 Å². The number of nitrogens with zero attached hydrogens (tertiary/aromatic N) is 1. The summed E-state index contributed by atoms with van der Waals surface area (Å²) >= 11 is 0. The highest BCUT2D eigenvalue weighted by Crippen LogP contribution is 2.25. The maximum absolute atomic E-state index is 12.0. The summed E-state index contributed by atoms with van der Waals surface area (Å²) < 4.78 is 5.95. The molecule has 1 aliphatic carbocycles. The molecule has 1 saturated carbocycles. The van der Waals surface area contributed by atoms with Crippen LogP contribution < -0.4 is 10.1 Å². The lowest BCUT2D eigenvalue weighted by atomic mass is 10.2. The maximum atomic E-state index is 12.0. The number of anilines is 1. The minimum Gasteiger partial charge on any atom is -0.490 e. The van der Waals surface area contributed by atoms with E-state index in [2.05, 4.69) is 10.3 Å². The van der Waals surface area contributed by atoms with Crippen LogP contribution in [0.1, 0.15) is 31.2 Å². The van der Waals surface area contributed by atoms with Gasteiger partial charge in [0, 0.05) is 30.2 Å². The Bertz CT molecular complexity index is 677. The molecule has 0 aliphatic heterocycles. The molecule has 0 spiro atoms. The molecular weight excluding hydrogens is 288 g/mol. The Morgan fingerprint density at radius 1 is 1.22 bits per heavy atom. The third-order valence-corrected chi connectivity index (χ3v) is 3.82. The van der Waals surface area contributed by atoms with Gasteiger partial charge >= 0.3 is 0 Å². The van der Waals surface area contributed by atoms with Crippen molar-refractivity contribution in [2.45, 2.75) is 31.8 Å². The van der Waals surface area contributed by atoms with E-state index < -0.39 is 0 Å². The molecular formula is C19H20N2O2. The van der Waals surface area contributed by atoms with Crippen LogP contribution in [0, 0.1) is 0 Å². The molecule has 4 nitrogen and oxygen atoms in total. The standard InChI is InChI=1S/C19H20N2O2/c22-19(11-10-15-5-4-12-20-14-15)21-16-6-3-9-18(13-16)23-17-7-1-2-8-17/h3-6,9-14,17H,1-2,7-8H2,(H,21,22)/b11-10-. The van der Waals surface area contributed by atoms with Gasteiger partial charge in [-0.1, -0.05) is 12.1 Å². The highest BCUT2D eigenvalue weighted by atomic mass is 16.5. The first-order valence-electron chi connectivity index (χ1n) is 7.95. The second-order valence-electron chi connectivity index (χ2n) is 5.66. The van der Waals surface area contributed by atoms with E-state index >= 15 is 0 Å². The number of ether oxygens (including phenoxy) is 1. The summed E-state index contributed by atoms with van der Waals surface area (Å²) in [6.07, 6.45) is 11.7. The smallest absolute Gasteiger partial charge is 0.248 e. The van der Waals surface area contributed by atoms with Crippen molar-refractivity contribution in [3.8, 4) is 5.75 Å². The summed E-state index contributed by atoms with van der Waals surface area (Å²) in [7, 11) is 0. The van der Waals surface area contributed by atoms with Gasteiger partial charge in [-0.15, -0.1) is 0 Å². The highest BCUT2D eigenvalue weighted by molar-refractivity contribution is 6.01. The zero-order chi connectivity index (χ0) is 15.9. The van der Waals surface area contributed by atoms with Crippen molar-refractivity contribution in [2.75, 3.05) is 5.32 Å². The van der Waals surface area contributed by atoms with Crippen LogP contribution in [0.25, 0.3) is 6.08 Å². The predicted molar refractivity (Wildman–Crippen MR) is 91.2 cm³/mol. The average molecular weight is 308 g/mol. The fraction of sp³-hybridized carbons (Fsp3) is 0.263. The van der Waals surface area contributed by atoms with Gasteiger partial charge in [0.1, 0.15) is 5.75 Å². The second kappa shape index (κ2) is 7.58. The number of carbonyl (C=O) groups is 1. The molecule has 1 heterocycles. The molecule has 2 aromatic rings. The van der Waals surface area contributed by atoms with E-state index in [9.17, 15) is 4.79 Å². The number of hydrogen-bond donors (Lipinski definition) is 1. The van der Waals surface area contributed by atoms with Crippen molar-refractivity contribution in [2.24, 2.45) is 0 Å². The van der Waals surface area contributed by atoms with Gasteiger partial charge in [0.05, 0.1) is 6.10 Å². The first-order valence-corrected chi connectivity index (χ1v) is 7.95. The van der Waals surface area contributed by atoms with Crippen molar-refractivity contribution < 1.29 is 9.53 Å². The van der Waals surface area contributed by atoms with E-state index in [0.717, 1.165) is 29.8 Å². The van der Waals surface area contributed by atoms with Crippen molar-refractivity contribution in [1.82, 2.24) is 4.98 Å². The molecule has 0 radical (unpaired) electrons. The number of benzene rings is 1. The van der Waals surface area contributed by atoms with E-state index in [1.807, 2.05) is 36.4 Å². The van der Waals surface area contributed by atoms with Gasteiger partial charge in [-0.05, 0) is 55.5 Å². The van der Waals surface area contributed by atoms with Crippen LogP contribution >= 0.6 is 0 Å². The number of carbonyl (C=O) groups excluding carboxylic acids is 1. The predicted octanol–water partition coefficient (Wildman–Crippen LogP) is 4.05. The number of nitrogens with one attached hydrogen (secondary N) is 1. The van der Waals surface area contributed by atoms with E-state index in [1.54, 1.807) is 18.5 Å². The molecule has 1 amide bonds. The van der Waals surface area contributed by atoms with Crippen LogP contribution in [-0.4, -0.2) is 17.0 Å². The van der Waals surface area contributed by atoms with Crippen LogP contribution in [0.5, 0.6) is 5.75 Å². The van der Waals surface area contributed by atoms with Crippen LogP contribution in [0.3, 0.4) is 0 Å². The molecule has 0 saturated heterocycles. The van der Waals surface area contributed by atoms with Crippen molar-refractivity contribution in [3.05, 3.63) is 60.4 Å². The highest BCUT2D eigenvalue weighted by Gasteiger charge is 2.16. The summed E-state index contributed by atoms with van der Waals surface area (Å²) in [6, 6.07) is 11.3. The molecule has 4 heteroatoms. The van der Waals surface area contributed by atoms with Crippen LogP contribution in [0.15, 0.2) is 54.9 Å². The zero-order valence-corrected chi connectivity index (χ0v) is 12.9. The molecule has 0 bridgehead atoms. The SMILES string of the molecule is O=C(/C=C\c1cccnc1)Nc1cccc(OC2CCCC2)c1. The van der Waals surface area contributed by atoms with Crippen LogP contribution in [-0.2, 0) is 4.79 Å². The number of hydrogen-bond acceptors (Lipinski definition) is 3. The van der Waals surface area contributed by atoms with E-state index in [0.29, 0.717) is 6.10 Å². The van der Waals surface area contributed by atoms with Gasteiger partial charge in [0.15, 0.2) is 0 Å². The van der Waals surface area contributed by atoms with Crippen molar-refractivity contribution >= 4 is 17.7 Å². The molecule has 1 fully saturated rings. The Labute approximate surface area is 136 Å². The van der Waals surface area contributed by atoms with E-state index in [1.165, 1.54) is 18.9 Å². The molecule has 1 aromatic heterocycles. The average Bonchev–Trinajstić information content (AvgIpc) is 3.07. The van der Waals surface area contributed by atoms with Gasteiger partial charge in [-0.25, -0.2) is 0 Å². The molecule has 0 atom stereocenters. The number of amides is 1. The van der Waals surface area contributed by atoms with Gasteiger partial charge in [0.2, 0.25) is 5.91 Å².